The molecule has 1 aromatic carbocycles. The molecule has 0 atom stereocenters. The molecule has 0 aliphatic carbocycles. The maximum Gasteiger partial charge on any atom is 0.228 e. The second-order valence-corrected chi connectivity index (χ2v) is 4.92. The summed E-state index contributed by atoms with van der Waals surface area (Å²) in [5.74, 6) is 0.137. The first kappa shape index (κ1) is 13.3. The van der Waals surface area contributed by atoms with E-state index >= 15 is 0 Å². The van der Waals surface area contributed by atoms with E-state index < -0.39 is 0 Å². The van der Waals surface area contributed by atoms with Crippen molar-refractivity contribution < 1.29 is 9.42 Å². The number of aryl methyl sites for hydroxylation is 2. The Morgan fingerprint density at radius 1 is 1.26 bits per heavy atom. The Bertz CT molecular complexity index is 602. The number of rotatable bonds is 3. The van der Waals surface area contributed by atoms with Crippen molar-refractivity contribution in [3.63, 3.8) is 0 Å². The van der Waals surface area contributed by atoms with E-state index in [0.29, 0.717) is 11.5 Å². The lowest BCUT2D eigenvalue weighted by Gasteiger charge is -2.07. The van der Waals surface area contributed by atoms with Crippen LogP contribution in [0.25, 0.3) is 11.3 Å². The highest BCUT2D eigenvalue weighted by Gasteiger charge is 2.18. The number of carbonyl (C=O) groups is 1. The van der Waals surface area contributed by atoms with Gasteiger partial charge in [-0.2, -0.15) is 0 Å². The second-order valence-electron chi connectivity index (χ2n) is 4.92. The molecule has 1 N–H and O–H groups in total. The van der Waals surface area contributed by atoms with Crippen LogP contribution in [0, 0.1) is 19.8 Å². The average molecular weight is 259 g/mol. The van der Waals surface area contributed by atoms with Gasteiger partial charge in [-0.3, -0.25) is 4.79 Å². The normalized spacial score (nSPS) is 10.8. The van der Waals surface area contributed by atoms with Gasteiger partial charge in [-0.1, -0.05) is 31.5 Å². The third kappa shape index (κ3) is 2.81. The summed E-state index contributed by atoms with van der Waals surface area (Å²) in [6.07, 6.45) is 0. The molecule has 0 saturated heterocycles. The summed E-state index contributed by atoms with van der Waals surface area (Å²) >= 11 is 0. The van der Waals surface area contributed by atoms with Gasteiger partial charge in [-0.25, -0.2) is 4.63 Å². The fraction of sp³-hybridized carbons (Fsp3) is 0.357. The highest BCUT2D eigenvalue weighted by atomic mass is 16.6. The van der Waals surface area contributed by atoms with E-state index in [-0.39, 0.29) is 11.8 Å². The van der Waals surface area contributed by atoms with Crippen LogP contribution in [0.1, 0.15) is 25.0 Å². The maximum atomic E-state index is 11.7. The lowest BCUT2D eigenvalue weighted by molar-refractivity contribution is -0.118. The molecule has 2 rings (SSSR count). The Balaban J connectivity index is 2.39. The standard InChI is InChI=1S/C14H17N3O2/c1-8(2)14(18)15-13-12(16-19-17-13)11-7-9(3)5-6-10(11)4/h5-8H,1-4H3,(H,15,17,18). The van der Waals surface area contributed by atoms with Crippen LogP contribution >= 0.6 is 0 Å². The highest BCUT2D eigenvalue weighted by molar-refractivity contribution is 5.94. The van der Waals surface area contributed by atoms with Gasteiger partial charge in [-0.15, -0.1) is 0 Å². The van der Waals surface area contributed by atoms with Gasteiger partial charge in [0.2, 0.25) is 11.7 Å². The summed E-state index contributed by atoms with van der Waals surface area (Å²) < 4.78 is 4.76. The first-order chi connectivity index (χ1) is 8.99. The van der Waals surface area contributed by atoms with Gasteiger partial charge in [0.15, 0.2) is 5.69 Å². The van der Waals surface area contributed by atoms with Crippen LogP contribution in [0.5, 0.6) is 0 Å². The van der Waals surface area contributed by atoms with Crippen LogP contribution in [0.15, 0.2) is 22.8 Å². The van der Waals surface area contributed by atoms with Crippen LogP contribution in [-0.4, -0.2) is 16.2 Å². The summed E-state index contributed by atoms with van der Waals surface area (Å²) in [5, 5.41) is 10.4. The zero-order valence-corrected chi connectivity index (χ0v) is 11.5. The number of nitrogens with zero attached hydrogens (tertiary/aromatic N) is 2. The van der Waals surface area contributed by atoms with Crippen LogP contribution < -0.4 is 5.32 Å². The summed E-state index contributed by atoms with van der Waals surface area (Å²) in [7, 11) is 0. The number of anilines is 1. The zero-order chi connectivity index (χ0) is 14.0. The van der Waals surface area contributed by atoms with E-state index in [0.717, 1.165) is 16.7 Å². The highest BCUT2D eigenvalue weighted by Crippen LogP contribution is 2.28. The largest absolute Gasteiger partial charge is 0.306 e. The lowest BCUT2D eigenvalue weighted by atomic mass is 10.0. The van der Waals surface area contributed by atoms with E-state index in [2.05, 4.69) is 15.6 Å². The van der Waals surface area contributed by atoms with Gasteiger partial charge < -0.3 is 5.32 Å². The number of hydrogen-bond acceptors (Lipinski definition) is 4. The van der Waals surface area contributed by atoms with Crippen molar-refractivity contribution in [1.82, 2.24) is 10.3 Å². The summed E-state index contributed by atoms with van der Waals surface area (Å²) in [5.41, 5.74) is 3.65. The van der Waals surface area contributed by atoms with E-state index in [1.165, 1.54) is 0 Å². The molecule has 0 fully saturated rings. The van der Waals surface area contributed by atoms with Gasteiger partial charge >= 0.3 is 0 Å². The third-order valence-electron chi connectivity index (χ3n) is 2.90. The van der Waals surface area contributed by atoms with E-state index in [1.54, 1.807) is 0 Å². The number of aromatic nitrogens is 2. The number of nitrogens with one attached hydrogen (secondary N) is 1. The van der Waals surface area contributed by atoms with Crippen molar-refractivity contribution >= 4 is 11.7 Å². The smallest absolute Gasteiger partial charge is 0.228 e. The van der Waals surface area contributed by atoms with Crippen molar-refractivity contribution in [2.45, 2.75) is 27.7 Å². The fourth-order valence-corrected chi connectivity index (χ4v) is 1.70. The van der Waals surface area contributed by atoms with Crippen LogP contribution in [0.2, 0.25) is 0 Å². The van der Waals surface area contributed by atoms with E-state index in [4.69, 9.17) is 4.63 Å². The molecule has 1 aromatic heterocycles. The second kappa shape index (κ2) is 5.22. The fourth-order valence-electron chi connectivity index (χ4n) is 1.70. The Morgan fingerprint density at radius 2 is 2.00 bits per heavy atom. The molecule has 0 bridgehead atoms. The Morgan fingerprint density at radius 3 is 2.68 bits per heavy atom. The van der Waals surface area contributed by atoms with Gasteiger partial charge in [0.05, 0.1) is 0 Å². The van der Waals surface area contributed by atoms with Crippen LogP contribution in [0.3, 0.4) is 0 Å². The van der Waals surface area contributed by atoms with Crippen molar-refractivity contribution in [1.29, 1.82) is 0 Å². The molecule has 2 aromatic rings. The molecule has 1 heterocycles. The Hall–Kier alpha value is -2.17. The molecule has 1 amide bonds. The summed E-state index contributed by atoms with van der Waals surface area (Å²) in [4.78, 5) is 11.7. The molecule has 100 valence electrons. The monoisotopic (exact) mass is 259 g/mol. The van der Waals surface area contributed by atoms with E-state index in [9.17, 15) is 4.79 Å². The average Bonchev–Trinajstić information content (AvgIpc) is 2.80. The number of hydrogen-bond donors (Lipinski definition) is 1. The third-order valence-corrected chi connectivity index (χ3v) is 2.90. The van der Waals surface area contributed by atoms with Gasteiger partial charge in [0.1, 0.15) is 0 Å². The molecule has 0 radical (unpaired) electrons. The molecule has 5 heteroatoms. The minimum Gasteiger partial charge on any atom is -0.306 e. The molecule has 0 aliphatic heterocycles. The van der Waals surface area contributed by atoms with E-state index in [1.807, 2.05) is 45.9 Å². The summed E-state index contributed by atoms with van der Waals surface area (Å²) in [6, 6.07) is 6.03. The lowest BCUT2D eigenvalue weighted by Crippen LogP contribution is -2.18. The molecular weight excluding hydrogens is 242 g/mol. The molecule has 19 heavy (non-hydrogen) atoms. The number of benzene rings is 1. The molecule has 0 unspecified atom stereocenters. The molecule has 0 spiro atoms. The first-order valence-corrected chi connectivity index (χ1v) is 6.20. The zero-order valence-electron chi connectivity index (χ0n) is 11.5. The molecule has 5 nitrogen and oxygen atoms in total. The van der Waals surface area contributed by atoms with Crippen LogP contribution in [0.4, 0.5) is 5.82 Å². The maximum absolute atomic E-state index is 11.7. The molecular formula is C14H17N3O2. The molecule has 0 aliphatic rings. The van der Waals surface area contributed by atoms with Crippen LogP contribution in [-0.2, 0) is 4.79 Å². The summed E-state index contributed by atoms with van der Waals surface area (Å²) in [6.45, 7) is 7.63. The predicted molar refractivity (Wildman–Crippen MR) is 72.7 cm³/mol. The molecule has 0 saturated carbocycles. The SMILES string of the molecule is Cc1ccc(C)c(-c2nonc2NC(=O)C(C)C)c1. The van der Waals surface area contributed by atoms with Gasteiger partial charge in [0.25, 0.3) is 0 Å². The van der Waals surface area contributed by atoms with Crippen molar-refractivity contribution in [3.8, 4) is 11.3 Å². The van der Waals surface area contributed by atoms with Gasteiger partial charge in [-0.05, 0) is 35.8 Å². The van der Waals surface area contributed by atoms with Crippen molar-refractivity contribution in [2.24, 2.45) is 5.92 Å². The van der Waals surface area contributed by atoms with Gasteiger partial charge in [0, 0.05) is 11.5 Å². The number of amides is 1. The topological polar surface area (TPSA) is 68.0 Å². The first-order valence-electron chi connectivity index (χ1n) is 6.20. The predicted octanol–water partition coefficient (Wildman–Crippen LogP) is 2.95. The van der Waals surface area contributed by atoms with Crippen molar-refractivity contribution in [3.05, 3.63) is 29.3 Å². The van der Waals surface area contributed by atoms with Crippen molar-refractivity contribution in [2.75, 3.05) is 5.32 Å². The quantitative estimate of drug-likeness (QED) is 0.920. The minimum absolute atomic E-state index is 0.109. The minimum atomic E-state index is -0.122. The number of carbonyl (C=O) groups excluding carboxylic acids is 1. The Labute approximate surface area is 112 Å². The Kier molecular flexibility index (Phi) is 3.64.